The van der Waals surface area contributed by atoms with Crippen molar-refractivity contribution < 1.29 is 13.2 Å². The number of hydrogen-bond donors (Lipinski definition) is 1. The van der Waals surface area contributed by atoms with E-state index in [0.29, 0.717) is 23.9 Å². The quantitative estimate of drug-likeness (QED) is 0.718. The fourth-order valence-electron chi connectivity index (χ4n) is 4.62. The van der Waals surface area contributed by atoms with Gasteiger partial charge in [-0.25, -0.2) is 13.1 Å². The molecule has 1 unspecified atom stereocenters. The van der Waals surface area contributed by atoms with Crippen LogP contribution in [0.25, 0.3) is 0 Å². The fourth-order valence-corrected chi connectivity index (χ4v) is 5.78. The molecular formula is C23H35N3O3S. The van der Waals surface area contributed by atoms with Crippen molar-refractivity contribution in [2.45, 2.75) is 50.3 Å². The first-order valence-corrected chi connectivity index (χ1v) is 13.0. The van der Waals surface area contributed by atoms with Crippen molar-refractivity contribution in [1.29, 1.82) is 0 Å². The average molecular weight is 434 g/mol. The molecule has 2 heterocycles. The predicted molar refractivity (Wildman–Crippen MR) is 118 cm³/mol. The van der Waals surface area contributed by atoms with Crippen molar-refractivity contribution >= 4 is 15.9 Å². The molecule has 4 rings (SSSR count). The molecule has 2 saturated heterocycles. The summed E-state index contributed by atoms with van der Waals surface area (Å²) in [4.78, 5) is 17.8. The summed E-state index contributed by atoms with van der Waals surface area (Å²) in [5.41, 5.74) is 0.469. The first-order valence-electron chi connectivity index (χ1n) is 11.5. The zero-order valence-corrected chi connectivity index (χ0v) is 18.9. The second-order valence-electron chi connectivity index (χ2n) is 9.57. The largest absolute Gasteiger partial charge is 0.338 e. The second-order valence-corrected chi connectivity index (χ2v) is 11.3. The van der Waals surface area contributed by atoms with E-state index in [1.54, 1.807) is 18.2 Å². The fraction of sp³-hybridized carbons (Fsp3) is 0.696. The van der Waals surface area contributed by atoms with Gasteiger partial charge in [0.15, 0.2) is 0 Å². The molecule has 7 heteroatoms. The molecule has 6 nitrogen and oxygen atoms in total. The van der Waals surface area contributed by atoms with Crippen molar-refractivity contribution in [1.82, 2.24) is 14.5 Å². The number of nitrogens with zero attached hydrogens (tertiary/aromatic N) is 2. The molecule has 1 amide bonds. The van der Waals surface area contributed by atoms with Crippen LogP contribution in [0.3, 0.4) is 0 Å². The number of likely N-dealkylation sites (tertiary alicyclic amines) is 2. The molecule has 0 spiro atoms. The van der Waals surface area contributed by atoms with Crippen LogP contribution in [-0.4, -0.2) is 63.4 Å². The summed E-state index contributed by atoms with van der Waals surface area (Å²) in [6.07, 6.45) is 6.90. The molecule has 0 radical (unpaired) electrons. The number of sulfonamides is 1. The minimum atomic E-state index is -3.56. The number of benzene rings is 1. The highest BCUT2D eigenvalue weighted by Gasteiger charge is 2.28. The van der Waals surface area contributed by atoms with Gasteiger partial charge in [-0.2, -0.15) is 0 Å². The summed E-state index contributed by atoms with van der Waals surface area (Å²) in [7, 11) is -3.56. The van der Waals surface area contributed by atoms with E-state index in [-0.39, 0.29) is 10.8 Å². The maximum Gasteiger partial charge on any atom is 0.253 e. The lowest BCUT2D eigenvalue weighted by atomic mass is 9.94. The Labute approximate surface area is 181 Å². The van der Waals surface area contributed by atoms with Gasteiger partial charge in [0.25, 0.3) is 5.91 Å². The van der Waals surface area contributed by atoms with Gasteiger partial charge in [-0.1, -0.05) is 13.0 Å². The van der Waals surface area contributed by atoms with Gasteiger partial charge < -0.3 is 9.80 Å². The minimum absolute atomic E-state index is 0.0498. The first-order chi connectivity index (χ1) is 14.4. The number of carbonyl (C=O) groups is 1. The summed E-state index contributed by atoms with van der Waals surface area (Å²) >= 11 is 0. The molecular weight excluding hydrogens is 398 g/mol. The van der Waals surface area contributed by atoms with E-state index in [1.165, 1.54) is 32.0 Å². The molecule has 1 N–H and O–H groups in total. The van der Waals surface area contributed by atoms with Gasteiger partial charge in [0.05, 0.1) is 4.90 Å². The number of nitrogens with one attached hydrogen (secondary N) is 1. The van der Waals surface area contributed by atoms with E-state index in [1.807, 2.05) is 4.90 Å². The van der Waals surface area contributed by atoms with Gasteiger partial charge >= 0.3 is 0 Å². The number of piperidine rings is 2. The van der Waals surface area contributed by atoms with Gasteiger partial charge in [0.2, 0.25) is 10.0 Å². The Hall–Kier alpha value is -1.44. The summed E-state index contributed by atoms with van der Waals surface area (Å²) in [5, 5.41) is 0. The van der Waals surface area contributed by atoms with E-state index >= 15 is 0 Å². The number of rotatable bonds is 7. The highest BCUT2D eigenvalue weighted by Crippen LogP contribution is 2.28. The summed E-state index contributed by atoms with van der Waals surface area (Å²) in [6, 6.07) is 6.52. The Balaban J connectivity index is 1.37. The maximum absolute atomic E-state index is 13.1. The smallest absolute Gasteiger partial charge is 0.253 e. The molecule has 0 bridgehead atoms. The normalized spacial score (nSPS) is 24.2. The molecule has 30 heavy (non-hydrogen) atoms. The Morgan fingerprint density at radius 1 is 1.07 bits per heavy atom. The van der Waals surface area contributed by atoms with Crippen LogP contribution >= 0.6 is 0 Å². The van der Waals surface area contributed by atoms with E-state index in [2.05, 4.69) is 16.5 Å². The summed E-state index contributed by atoms with van der Waals surface area (Å²) in [5.74, 6) is 1.75. The van der Waals surface area contributed by atoms with Crippen molar-refractivity contribution in [3.63, 3.8) is 0 Å². The van der Waals surface area contributed by atoms with Gasteiger partial charge in [0.1, 0.15) is 0 Å². The van der Waals surface area contributed by atoms with Crippen molar-refractivity contribution in [3.05, 3.63) is 29.8 Å². The average Bonchev–Trinajstić information content (AvgIpc) is 3.58. The molecule has 0 aromatic heterocycles. The highest BCUT2D eigenvalue weighted by molar-refractivity contribution is 7.89. The van der Waals surface area contributed by atoms with Crippen LogP contribution in [0, 0.1) is 17.8 Å². The Morgan fingerprint density at radius 3 is 2.57 bits per heavy atom. The number of hydrogen-bond acceptors (Lipinski definition) is 4. The molecule has 1 aliphatic carbocycles. The molecule has 166 valence electrons. The Bertz CT molecular complexity index is 845. The van der Waals surface area contributed by atoms with Crippen LogP contribution in [0.2, 0.25) is 0 Å². The Kier molecular flexibility index (Phi) is 6.80. The molecule has 1 aromatic carbocycles. The van der Waals surface area contributed by atoms with Crippen LogP contribution in [0.4, 0.5) is 0 Å². The Morgan fingerprint density at radius 2 is 1.83 bits per heavy atom. The van der Waals surface area contributed by atoms with E-state index in [9.17, 15) is 13.2 Å². The standard InChI is InChI=1S/C23H35N3O3S/c1-18-9-12-25(13-10-18)16-20-4-3-11-26(17-20)23(27)21-5-2-6-22(14-21)30(28,29)24-15-19-7-8-19/h2,5-6,14,18-20,24H,3-4,7-13,15-17H2,1H3. The lowest BCUT2D eigenvalue weighted by Gasteiger charge is -2.38. The molecule has 2 aliphatic heterocycles. The maximum atomic E-state index is 13.1. The van der Waals surface area contributed by atoms with Crippen LogP contribution in [-0.2, 0) is 10.0 Å². The molecule has 1 saturated carbocycles. The third-order valence-corrected chi connectivity index (χ3v) is 8.27. The van der Waals surface area contributed by atoms with Crippen LogP contribution in [0.1, 0.15) is 55.8 Å². The van der Waals surface area contributed by atoms with Crippen LogP contribution in [0.5, 0.6) is 0 Å². The van der Waals surface area contributed by atoms with E-state index in [0.717, 1.165) is 51.2 Å². The topological polar surface area (TPSA) is 69.7 Å². The van der Waals surface area contributed by atoms with Gasteiger partial charge in [0, 0.05) is 31.7 Å². The number of amides is 1. The molecule has 3 fully saturated rings. The highest BCUT2D eigenvalue weighted by atomic mass is 32.2. The SMILES string of the molecule is CC1CCN(CC2CCCN(C(=O)c3cccc(S(=O)(=O)NCC4CC4)c3)C2)CC1. The van der Waals surface area contributed by atoms with Crippen molar-refractivity contribution in [2.75, 3.05) is 39.3 Å². The predicted octanol–water partition coefficient (Wildman–Crippen LogP) is 2.96. The lowest BCUT2D eigenvalue weighted by Crippen LogP contribution is -2.45. The zero-order chi connectivity index (χ0) is 21.1. The zero-order valence-electron chi connectivity index (χ0n) is 18.1. The molecule has 3 aliphatic rings. The molecule has 1 atom stereocenters. The van der Waals surface area contributed by atoms with E-state index in [4.69, 9.17) is 0 Å². The van der Waals surface area contributed by atoms with Crippen molar-refractivity contribution in [2.24, 2.45) is 17.8 Å². The summed E-state index contributed by atoms with van der Waals surface area (Å²) < 4.78 is 27.8. The minimum Gasteiger partial charge on any atom is -0.338 e. The van der Waals surface area contributed by atoms with Gasteiger partial charge in [-0.05, 0) is 87.6 Å². The third-order valence-electron chi connectivity index (χ3n) is 6.85. The van der Waals surface area contributed by atoms with Crippen molar-refractivity contribution in [3.8, 4) is 0 Å². The van der Waals surface area contributed by atoms with Gasteiger partial charge in [-0.15, -0.1) is 0 Å². The molecule has 1 aromatic rings. The third kappa shape index (κ3) is 5.62. The summed E-state index contributed by atoms with van der Waals surface area (Å²) in [6.45, 7) is 7.73. The van der Waals surface area contributed by atoms with Gasteiger partial charge in [-0.3, -0.25) is 4.79 Å². The second kappa shape index (κ2) is 9.37. The number of carbonyl (C=O) groups excluding carboxylic acids is 1. The monoisotopic (exact) mass is 433 g/mol. The van der Waals surface area contributed by atoms with Crippen LogP contribution < -0.4 is 4.72 Å². The lowest BCUT2D eigenvalue weighted by molar-refractivity contribution is 0.0622. The van der Waals surface area contributed by atoms with E-state index < -0.39 is 10.0 Å². The van der Waals surface area contributed by atoms with Crippen LogP contribution in [0.15, 0.2) is 29.2 Å². The first kappa shape index (κ1) is 21.8.